The van der Waals surface area contributed by atoms with Gasteiger partial charge >= 0.3 is 0 Å². The molecular formula is C11H21NO7. The van der Waals surface area contributed by atoms with Crippen LogP contribution in [0.4, 0.5) is 0 Å². The number of aliphatic hydroxyl groups is 5. The maximum absolute atomic E-state index is 11.1. The molecule has 1 amide bonds. The number of aliphatic hydroxyl groups excluding tert-OH is 4. The zero-order valence-corrected chi connectivity index (χ0v) is 10.9. The van der Waals surface area contributed by atoms with E-state index in [0.29, 0.717) is 0 Å². The summed E-state index contributed by atoms with van der Waals surface area (Å²) in [5.74, 6) is -2.15. The molecule has 0 bridgehead atoms. The van der Waals surface area contributed by atoms with Crippen molar-refractivity contribution in [2.75, 3.05) is 6.61 Å². The van der Waals surface area contributed by atoms with Crippen LogP contribution < -0.4 is 5.32 Å². The highest BCUT2D eigenvalue weighted by Gasteiger charge is 2.47. The van der Waals surface area contributed by atoms with Crippen LogP contribution in [0.5, 0.6) is 0 Å². The largest absolute Gasteiger partial charge is 0.394 e. The molecule has 1 heterocycles. The molecule has 1 unspecified atom stereocenters. The number of nitrogens with one attached hydrogen (secondary N) is 1. The molecule has 6 atom stereocenters. The summed E-state index contributed by atoms with van der Waals surface area (Å²) in [6, 6.07) is -0.992. The number of ether oxygens (including phenoxy) is 1. The van der Waals surface area contributed by atoms with Crippen molar-refractivity contribution >= 4 is 5.91 Å². The van der Waals surface area contributed by atoms with Crippen LogP contribution in [-0.4, -0.2) is 74.3 Å². The van der Waals surface area contributed by atoms with E-state index in [4.69, 9.17) is 9.84 Å². The SMILES string of the molecule is CC(=O)N[C@@H]1C(O)C[C@](C)(O)O[C@H]1[C@H](O)[C@H](O)CO. The minimum absolute atomic E-state index is 0.156. The summed E-state index contributed by atoms with van der Waals surface area (Å²) in [4.78, 5) is 11.1. The standard InChI is InChI=1S/C11H21NO7/c1-5(14)12-8-6(15)3-11(2,18)19-10(8)9(17)7(16)4-13/h6-10,13,15-18H,3-4H2,1-2H3,(H,12,14)/t6?,7-,8-,9-,10-,11-/m1/s1. The van der Waals surface area contributed by atoms with Crippen molar-refractivity contribution < 1.29 is 35.1 Å². The van der Waals surface area contributed by atoms with Crippen LogP contribution in [0.2, 0.25) is 0 Å². The number of hydrogen-bond donors (Lipinski definition) is 6. The van der Waals surface area contributed by atoms with Gasteiger partial charge in [0.25, 0.3) is 0 Å². The van der Waals surface area contributed by atoms with E-state index in [1.165, 1.54) is 13.8 Å². The second-order valence-electron chi connectivity index (χ2n) is 5.00. The van der Waals surface area contributed by atoms with E-state index in [1.54, 1.807) is 0 Å². The van der Waals surface area contributed by atoms with Gasteiger partial charge in [-0.05, 0) is 6.92 Å². The molecule has 0 aromatic heterocycles. The highest BCUT2D eigenvalue weighted by molar-refractivity contribution is 5.73. The van der Waals surface area contributed by atoms with Crippen LogP contribution >= 0.6 is 0 Å². The van der Waals surface area contributed by atoms with E-state index in [-0.39, 0.29) is 6.42 Å². The van der Waals surface area contributed by atoms with E-state index in [9.17, 15) is 25.2 Å². The van der Waals surface area contributed by atoms with Crippen molar-refractivity contribution in [2.24, 2.45) is 0 Å². The molecular weight excluding hydrogens is 258 g/mol. The smallest absolute Gasteiger partial charge is 0.217 e. The molecule has 19 heavy (non-hydrogen) atoms. The fraction of sp³-hybridized carbons (Fsp3) is 0.909. The molecule has 112 valence electrons. The minimum atomic E-state index is -1.70. The third kappa shape index (κ3) is 4.10. The molecule has 0 aromatic carbocycles. The second-order valence-corrected chi connectivity index (χ2v) is 5.00. The highest BCUT2D eigenvalue weighted by Crippen LogP contribution is 2.29. The lowest BCUT2D eigenvalue weighted by Gasteiger charge is -2.45. The summed E-state index contributed by atoms with van der Waals surface area (Å²) in [7, 11) is 0. The molecule has 0 radical (unpaired) electrons. The molecule has 0 spiro atoms. The Balaban J connectivity index is 2.93. The molecule has 6 N–H and O–H groups in total. The van der Waals surface area contributed by atoms with Crippen molar-refractivity contribution in [2.45, 2.75) is 56.5 Å². The molecule has 1 aliphatic rings. The first-order chi connectivity index (χ1) is 8.68. The van der Waals surface area contributed by atoms with Gasteiger partial charge in [-0.25, -0.2) is 0 Å². The number of carbonyl (C=O) groups is 1. The van der Waals surface area contributed by atoms with Gasteiger partial charge < -0.3 is 35.6 Å². The van der Waals surface area contributed by atoms with Crippen molar-refractivity contribution in [1.82, 2.24) is 5.32 Å². The number of amides is 1. The van der Waals surface area contributed by atoms with Gasteiger partial charge in [0.05, 0.1) is 18.8 Å². The molecule has 0 aromatic rings. The van der Waals surface area contributed by atoms with Gasteiger partial charge in [-0.1, -0.05) is 0 Å². The van der Waals surface area contributed by atoms with Crippen LogP contribution in [0.1, 0.15) is 20.3 Å². The second kappa shape index (κ2) is 6.12. The Morgan fingerprint density at radius 2 is 2.11 bits per heavy atom. The summed E-state index contributed by atoms with van der Waals surface area (Å²) in [6.07, 6.45) is -5.63. The van der Waals surface area contributed by atoms with E-state index in [2.05, 4.69) is 5.32 Å². The van der Waals surface area contributed by atoms with Gasteiger partial charge in [0.15, 0.2) is 5.79 Å². The zero-order chi connectivity index (χ0) is 14.8. The van der Waals surface area contributed by atoms with E-state index >= 15 is 0 Å². The van der Waals surface area contributed by atoms with Crippen molar-refractivity contribution in [3.05, 3.63) is 0 Å². The van der Waals surface area contributed by atoms with Crippen LogP contribution in [0.3, 0.4) is 0 Å². The average molecular weight is 279 g/mol. The summed E-state index contributed by atoms with van der Waals surface area (Å²) >= 11 is 0. The Hall–Kier alpha value is -0.770. The fourth-order valence-corrected chi connectivity index (χ4v) is 2.17. The summed E-state index contributed by atoms with van der Waals surface area (Å²) in [5, 5.41) is 50.3. The number of rotatable bonds is 4. The number of carbonyl (C=O) groups excluding carboxylic acids is 1. The first kappa shape index (κ1) is 16.3. The molecule has 8 heteroatoms. The van der Waals surface area contributed by atoms with E-state index < -0.39 is 48.8 Å². The Kier molecular flexibility index (Phi) is 5.25. The van der Waals surface area contributed by atoms with E-state index in [1.807, 2.05) is 0 Å². The highest BCUT2D eigenvalue weighted by atomic mass is 16.6. The maximum Gasteiger partial charge on any atom is 0.217 e. The lowest BCUT2D eigenvalue weighted by atomic mass is 9.89. The molecule has 1 saturated heterocycles. The molecule has 1 aliphatic heterocycles. The van der Waals surface area contributed by atoms with Crippen LogP contribution in [0, 0.1) is 0 Å². The number of hydrogen-bond acceptors (Lipinski definition) is 7. The maximum atomic E-state index is 11.1. The van der Waals surface area contributed by atoms with E-state index in [0.717, 1.165) is 0 Å². The first-order valence-electron chi connectivity index (χ1n) is 6.00. The normalized spacial score (nSPS) is 38.6. The Bertz CT molecular complexity index is 322. The molecule has 8 nitrogen and oxygen atoms in total. The third-order valence-electron chi connectivity index (χ3n) is 3.03. The third-order valence-corrected chi connectivity index (χ3v) is 3.03. The lowest BCUT2D eigenvalue weighted by Crippen LogP contribution is -2.65. The Labute approximate surface area is 110 Å². The fourth-order valence-electron chi connectivity index (χ4n) is 2.17. The molecule has 0 aliphatic carbocycles. The zero-order valence-electron chi connectivity index (χ0n) is 10.9. The molecule has 0 saturated carbocycles. The monoisotopic (exact) mass is 279 g/mol. The van der Waals surface area contributed by atoms with Crippen LogP contribution in [0.15, 0.2) is 0 Å². The van der Waals surface area contributed by atoms with Gasteiger partial charge in [-0.3, -0.25) is 4.79 Å². The summed E-state index contributed by atoms with van der Waals surface area (Å²) in [5.41, 5.74) is 0. The van der Waals surface area contributed by atoms with Gasteiger partial charge in [-0.2, -0.15) is 0 Å². The van der Waals surface area contributed by atoms with Crippen molar-refractivity contribution in [1.29, 1.82) is 0 Å². The van der Waals surface area contributed by atoms with Gasteiger partial charge in [0.2, 0.25) is 5.91 Å². The quantitative estimate of drug-likeness (QED) is 0.323. The summed E-state index contributed by atoms with van der Waals surface area (Å²) in [6.45, 7) is 1.81. The van der Waals surface area contributed by atoms with Crippen LogP contribution in [0.25, 0.3) is 0 Å². The average Bonchev–Trinajstić information content (AvgIpc) is 2.29. The summed E-state index contributed by atoms with van der Waals surface area (Å²) < 4.78 is 5.20. The Morgan fingerprint density at radius 1 is 1.53 bits per heavy atom. The molecule has 1 fully saturated rings. The van der Waals surface area contributed by atoms with Gasteiger partial charge in [-0.15, -0.1) is 0 Å². The van der Waals surface area contributed by atoms with Gasteiger partial charge in [0, 0.05) is 13.3 Å². The lowest BCUT2D eigenvalue weighted by molar-refractivity contribution is -0.292. The van der Waals surface area contributed by atoms with Crippen molar-refractivity contribution in [3.8, 4) is 0 Å². The topological polar surface area (TPSA) is 139 Å². The minimum Gasteiger partial charge on any atom is -0.394 e. The predicted octanol–water partition coefficient (Wildman–Crippen LogP) is -2.94. The first-order valence-corrected chi connectivity index (χ1v) is 6.00. The van der Waals surface area contributed by atoms with Gasteiger partial charge in [0.1, 0.15) is 18.3 Å². The Morgan fingerprint density at radius 3 is 2.58 bits per heavy atom. The molecule has 1 rings (SSSR count). The van der Waals surface area contributed by atoms with Crippen LogP contribution in [-0.2, 0) is 9.53 Å². The predicted molar refractivity (Wildman–Crippen MR) is 62.8 cm³/mol. The van der Waals surface area contributed by atoms with Crippen molar-refractivity contribution in [3.63, 3.8) is 0 Å².